The van der Waals surface area contributed by atoms with E-state index in [1.54, 1.807) is 6.26 Å². The van der Waals surface area contributed by atoms with Crippen LogP contribution in [-0.2, 0) is 14.3 Å². The van der Waals surface area contributed by atoms with Gasteiger partial charge in [-0.1, -0.05) is 34.1 Å². The molecule has 6 atom stereocenters. The molecule has 1 N–H and O–H groups in total. The molecule has 4 rings (SSSR count). The Bertz CT molecular complexity index is 596. The zero-order valence-corrected chi connectivity index (χ0v) is 15.3. The quantitative estimate of drug-likeness (QED) is 0.739. The van der Waals surface area contributed by atoms with E-state index in [0.717, 1.165) is 32.1 Å². The van der Waals surface area contributed by atoms with Gasteiger partial charge in [0.1, 0.15) is 18.3 Å². The molecule has 0 amide bonds. The predicted molar refractivity (Wildman–Crippen MR) is 90.3 cm³/mol. The van der Waals surface area contributed by atoms with Crippen LogP contribution < -0.4 is 0 Å². The van der Waals surface area contributed by atoms with Crippen LogP contribution in [0.15, 0.2) is 12.3 Å². The molecule has 0 radical (unpaired) electrons. The highest BCUT2D eigenvalue weighted by Crippen LogP contribution is 2.66. The van der Waals surface area contributed by atoms with Crippen molar-refractivity contribution in [2.45, 2.75) is 77.1 Å². The van der Waals surface area contributed by atoms with E-state index in [1.165, 1.54) is 0 Å². The molecule has 0 aromatic rings. The molecule has 2 saturated carbocycles. The van der Waals surface area contributed by atoms with E-state index in [9.17, 15) is 9.90 Å². The van der Waals surface area contributed by atoms with Crippen molar-refractivity contribution >= 4 is 5.78 Å². The molecule has 4 aliphatic rings. The number of fused-ring (bicyclic) bond motifs is 2. The zero-order valence-electron chi connectivity index (χ0n) is 15.3. The van der Waals surface area contributed by atoms with Crippen LogP contribution in [0.1, 0.15) is 59.8 Å². The molecule has 2 heterocycles. The summed E-state index contributed by atoms with van der Waals surface area (Å²) in [7, 11) is 0. The summed E-state index contributed by atoms with van der Waals surface area (Å²) in [6.45, 7) is 9.18. The van der Waals surface area contributed by atoms with Gasteiger partial charge < -0.3 is 14.6 Å². The Morgan fingerprint density at radius 2 is 1.92 bits per heavy atom. The van der Waals surface area contributed by atoms with Gasteiger partial charge in [0.05, 0.1) is 11.9 Å². The first kappa shape index (κ1) is 16.6. The van der Waals surface area contributed by atoms with Crippen LogP contribution in [-0.4, -0.2) is 34.8 Å². The topological polar surface area (TPSA) is 55.8 Å². The van der Waals surface area contributed by atoms with E-state index in [4.69, 9.17) is 9.47 Å². The molecule has 3 fully saturated rings. The number of carbonyl (C=O) groups is 1. The highest BCUT2D eigenvalue weighted by molar-refractivity contribution is 5.88. The molecule has 2 aliphatic carbocycles. The maximum atomic E-state index is 13.1. The number of ketones is 1. The van der Waals surface area contributed by atoms with Crippen molar-refractivity contribution in [2.24, 2.45) is 22.7 Å². The van der Waals surface area contributed by atoms with E-state index in [-0.39, 0.29) is 34.1 Å². The van der Waals surface area contributed by atoms with E-state index in [0.29, 0.717) is 6.61 Å². The maximum absolute atomic E-state index is 13.1. The van der Waals surface area contributed by atoms with Gasteiger partial charge in [-0.15, -0.1) is 0 Å². The highest BCUT2D eigenvalue weighted by atomic mass is 16.6. The average molecular weight is 334 g/mol. The largest absolute Gasteiger partial charge is 0.498 e. The third-order valence-electron chi connectivity index (χ3n) is 7.79. The summed E-state index contributed by atoms with van der Waals surface area (Å²) in [5.41, 5.74) is -1.16. The molecule has 0 aromatic carbocycles. The summed E-state index contributed by atoms with van der Waals surface area (Å²) in [6, 6.07) is 0. The second-order valence-electron chi connectivity index (χ2n) is 9.50. The Morgan fingerprint density at radius 1 is 1.17 bits per heavy atom. The molecular weight excluding hydrogens is 304 g/mol. The number of ether oxygens (including phenoxy) is 2. The summed E-state index contributed by atoms with van der Waals surface area (Å²) in [4.78, 5) is 13.1. The number of Topliss-reactive ketones (excluding diaryl/α,β-unsaturated/α-hetero) is 1. The van der Waals surface area contributed by atoms with Gasteiger partial charge in [0.15, 0.2) is 5.78 Å². The van der Waals surface area contributed by atoms with Crippen LogP contribution >= 0.6 is 0 Å². The predicted octanol–water partition coefficient (Wildman–Crippen LogP) is 3.23. The Balaban J connectivity index is 1.83. The van der Waals surface area contributed by atoms with Crippen LogP contribution in [0, 0.1) is 22.7 Å². The summed E-state index contributed by atoms with van der Waals surface area (Å²) in [5.74, 6) is -0.303. The summed E-state index contributed by atoms with van der Waals surface area (Å²) < 4.78 is 12.3. The number of hydrogen-bond donors (Lipinski definition) is 1. The number of aliphatic hydroxyl groups excluding tert-OH is 1. The summed E-state index contributed by atoms with van der Waals surface area (Å²) in [5, 5.41) is 10.8. The Hall–Kier alpha value is -0.870. The Morgan fingerprint density at radius 3 is 2.58 bits per heavy atom. The zero-order chi connectivity index (χ0) is 17.4. The van der Waals surface area contributed by atoms with Crippen LogP contribution in [0.3, 0.4) is 0 Å². The van der Waals surface area contributed by atoms with Crippen molar-refractivity contribution in [2.75, 3.05) is 6.61 Å². The first-order valence-electron chi connectivity index (χ1n) is 9.39. The smallest absolute Gasteiger partial charge is 0.165 e. The molecular formula is C20H30O4. The van der Waals surface area contributed by atoms with Crippen molar-refractivity contribution < 1.29 is 19.4 Å². The van der Waals surface area contributed by atoms with Gasteiger partial charge >= 0.3 is 0 Å². The van der Waals surface area contributed by atoms with Gasteiger partial charge in [-0.3, -0.25) is 4.79 Å². The van der Waals surface area contributed by atoms with Gasteiger partial charge in [-0.25, -0.2) is 0 Å². The number of aliphatic hydroxyl groups is 1. The average Bonchev–Trinajstić information content (AvgIpc) is 3.12. The van der Waals surface area contributed by atoms with E-state index < -0.39 is 11.7 Å². The van der Waals surface area contributed by atoms with Crippen molar-refractivity contribution in [3.05, 3.63) is 12.3 Å². The Kier molecular flexibility index (Phi) is 3.35. The Labute approximate surface area is 144 Å². The SMILES string of the molecule is C[C@@H]1[C@@H](O)C(=O)[C@H]2C(C)(C)CCC[C@]2(C)[C@@]12CC[C@@]1(C=COC1)O2. The standard InChI is InChI=1S/C20H30O4/c1-13-14(21)15(22)16-17(2,3)6-5-7-18(16,4)20(13)9-8-19(24-20)10-11-23-12-19/h10-11,13-14,16,21H,5-9,12H2,1-4H3/t13-,14-,16+,18+,19+,20-/m1/s1. The lowest BCUT2D eigenvalue weighted by Crippen LogP contribution is -2.69. The van der Waals surface area contributed by atoms with Crippen molar-refractivity contribution in [1.29, 1.82) is 0 Å². The van der Waals surface area contributed by atoms with Gasteiger partial charge in [-0.2, -0.15) is 0 Å². The third kappa shape index (κ3) is 1.84. The number of hydrogen-bond acceptors (Lipinski definition) is 4. The van der Waals surface area contributed by atoms with Gasteiger partial charge in [0.25, 0.3) is 0 Å². The minimum Gasteiger partial charge on any atom is -0.498 e. The molecule has 0 bridgehead atoms. The fraction of sp³-hybridized carbons (Fsp3) is 0.850. The van der Waals surface area contributed by atoms with Crippen LogP contribution in [0.5, 0.6) is 0 Å². The number of rotatable bonds is 0. The normalized spacial score (nSPS) is 52.7. The first-order valence-corrected chi connectivity index (χ1v) is 9.39. The second kappa shape index (κ2) is 4.85. The van der Waals surface area contributed by atoms with Crippen LogP contribution in [0.2, 0.25) is 0 Å². The first-order chi connectivity index (χ1) is 11.2. The van der Waals surface area contributed by atoms with Crippen molar-refractivity contribution in [3.63, 3.8) is 0 Å². The third-order valence-corrected chi connectivity index (χ3v) is 7.79. The van der Waals surface area contributed by atoms with E-state index >= 15 is 0 Å². The minimum atomic E-state index is -0.929. The van der Waals surface area contributed by atoms with Gasteiger partial charge in [-0.05, 0) is 37.2 Å². The lowest BCUT2D eigenvalue weighted by atomic mass is 9.43. The lowest BCUT2D eigenvalue weighted by molar-refractivity contribution is -0.250. The number of carbonyl (C=O) groups excluding carboxylic acids is 1. The fourth-order valence-corrected chi connectivity index (χ4v) is 6.62. The molecule has 134 valence electrons. The van der Waals surface area contributed by atoms with Gasteiger partial charge in [0, 0.05) is 17.3 Å². The lowest BCUT2D eigenvalue weighted by Gasteiger charge is -2.63. The monoisotopic (exact) mass is 334 g/mol. The van der Waals surface area contributed by atoms with E-state index in [2.05, 4.69) is 20.8 Å². The molecule has 0 unspecified atom stereocenters. The maximum Gasteiger partial charge on any atom is 0.165 e. The van der Waals surface area contributed by atoms with Crippen molar-refractivity contribution in [1.82, 2.24) is 0 Å². The fourth-order valence-electron chi connectivity index (χ4n) is 6.62. The molecule has 2 spiro atoms. The molecule has 1 saturated heterocycles. The highest BCUT2D eigenvalue weighted by Gasteiger charge is 2.71. The molecule has 0 aromatic heterocycles. The van der Waals surface area contributed by atoms with Crippen LogP contribution in [0.4, 0.5) is 0 Å². The molecule has 24 heavy (non-hydrogen) atoms. The molecule has 4 heteroatoms. The summed E-state index contributed by atoms with van der Waals surface area (Å²) in [6.07, 6.45) is 7.76. The van der Waals surface area contributed by atoms with Crippen LogP contribution in [0.25, 0.3) is 0 Å². The van der Waals surface area contributed by atoms with Gasteiger partial charge in [0.2, 0.25) is 0 Å². The van der Waals surface area contributed by atoms with E-state index in [1.807, 2.05) is 13.0 Å². The van der Waals surface area contributed by atoms with Crippen molar-refractivity contribution in [3.8, 4) is 0 Å². The summed E-state index contributed by atoms with van der Waals surface area (Å²) >= 11 is 0. The minimum absolute atomic E-state index is 0.0306. The second-order valence-corrected chi connectivity index (χ2v) is 9.50. The molecule has 2 aliphatic heterocycles. The molecule has 4 nitrogen and oxygen atoms in total.